The Kier molecular flexibility index (Phi) is 2.54. The fraction of sp³-hybridized carbons (Fsp3) is 0.0833. The van der Waals surface area contributed by atoms with Crippen LogP contribution >= 0.6 is 0 Å². The lowest BCUT2D eigenvalue weighted by molar-refractivity contribution is 0.174. The maximum absolute atomic E-state index is 11.1. The van der Waals surface area contributed by atoms with Gasteiger partial charge in [0, 0.05) is 12.3 Å². The average Bonchev–Trinajstić information content (AvgIpc) is 2.25. The van der Waals surface area contributed by atoms with Gasteiger partial charge in [-0.1, -0.05) is 30.3 Å². The molecular weight excluding hydrogens is 190 g/mol. The van der Waals surface area contributed by atoms with Gasteiger partial charge in [-0.3, -0.25) is 4.79 Å². The Bertz CT molecular complexity index is 503. The van der Waals surface area contributed by atoms with E-state index in [1.165, 1.54) is 12.3 Å². The molecule has 0 bridgehead atoms. The number of pyridine rings is 1. The molecule has 0 atom stereocenters. The Morgan fingerprint density at radius 3 is 2.47 bits per heavy atom. The van der Waals surface area contributed by atoms with E-state index in [2.05, 4.69) is 0 Å². The predicted octanol–water partition coefficient (Wildman–Crippen LogP) is 1.68. The topological polar surface area (TPSA) is 42.2 Å². The van der Waals surface area contributed by atoms with Gasteiger partial charge in [-0.25, -0.2) is 0 Å². The zero-order valence-electron chi connectivity index (χ0n) is 8.13. The Balaban J connectivity index is 2.26. The number of hydrogen-bond donors (Lipinski definition) is 1. The summed E-state index contributed by atoms with van der Waals surface area (Å²) in [7, 11) is 0. The molecule has 3 heteroatoms. The van der Waals surface area contributed by atoms with Crippen molar-refractivity contribution in [1.82, 2.24) is 4.73 Å². The van der Waals surface area contributed by atoms with Crippen molar-refractivity contribution in [3.8, 4) is 0 Å². The van der Waals surface area contributed by atoms with Gasteiger partial charge in [0.25, 0.3) is 5.56 Å². The Labute approximate surface area is 87.2 Å². The fourth-order valence-electron chi connectivity index (χ4n) is 1.45. The molecule has 15 heavy (non-hydrogen) atoms. The van der Waals surface area contributed by atoms with E-state index in [0.717, 1.165) is 11.1 Å². The summed E-state index contributed by atoms with van der Waals surface area (Å²) in [4.78, 5) is 11.1. The molecule has 0 saturated carbocycles. The van der Waals surface area contributed by atoms with Crippen LogP contribution in [-0.2, 0) is 6.42 Å². The number of nitrogens with zero attached hydrogens (tertiary/aromatic N) is 1. The van der Waals surface area contributed by atoms with Crippen LogP contribution in [0, 0.1) is 0 Å². The molecule has 2 aromatic rings. The van der Waals surface area contributed by atoms with E-state index < -0.39 is 5.56 Å². The Morgan fingerprint density at radius 1 is 1.07 bits per heavy atom. The third-order valence-electron chi connectivity index (χ3n) is 2.22. The monoisotopic (exact) mass is 201 g/mol. The van der Waals surface area contributed by atoms with Crippen LogP contribution < -0.4 is 5.56 Å². The third-order valence-corrected chi connectivity index (χ3v) is 2.22. The minimum Gasteiger partial charge on any atom is -0.425 e. The lowest BCUT2D eigenvalue weighted by atomic mass is 10.1. The van der Waals surface area contributed by atoms with Crippen LogP contribution in [0.25, 0.3) is 0 Å². The minimum absolute atomic E-state index is 0.400. The minimum atomic E-state index is -0.400. The van der Waals surface area contributed by atoms with Gasteiger partial charge < -0.3 is 5.21 Å². The molecular formula is C12H11NO2. The highest BCUT2D eigenvalue weighted by Crippen LogP contribution is 2.06. The molecule has 0 aliphatic carbocycles. The summed E-state index contributed by atoms with van der Waals surface area (Å²) in [5, 5.41) is 9.01. The standard InChI is InChI=1S/C12H11NO2/c14-12-9-11(6-7-13(12)15)8-10-4-2-1-3-5-10/h1-7,9,15H,8H2. The van der Waals surface area contributed by atoms with Crippen LogP contribution in [0.1, 0.15) is 11.1 Å². The van der Waals surface area contributed by atoms with Gasteiger partial charge in [0.05, 0.1) is 0 Å². The average molecular weight is 201 g/mol. The van der Waals surface area contributed by atoms with Crippen molar-refractivity contribution in [1.29, 1.82) is 0 Å². The van der Waals surface area contributed by atoms with E-state index in [4.69, 9.17) is 5.21 Å². The van der Waals surface area contributed by atoms with Crippen LogP contribution in [0.3, 0.4) is 0 Å². The second-order valence-electron chi connectivity index (χ2n) is 3.38. The summed E-state index contributed by atoms with van der Waals surface area (Å²) in [5.41, 5.74) is 1.65. The zero-order valence-corrected chi connectivity index (χ0v) is 8.13. The quantitative estimate of drug-likeness (QED) is 0.751. The zero-order chi connectivity index (χ0) is 10.7. The predicted molar refractivity (Wildman–Crippen MR) is 57.1 cm³/mol. The maximum Gasteiger partial charge on any atom is 0.283 e. The van der Waals surface area contributed by atoms with E-state index in [1.54, 1.807) is 6.07 Å². The summed E-state index contributed by atoms with van der Waals surface area (Å²) in [6.07, 6.45) is 2.07. The smallest absolute Gasteiger partial charge is 0.283 e. The number of benzene rings is 1. The molecule has 0 spiro atoms. The lowest BCUT2D eigenvalue weighted by Gasteiger charge is -2.01. The van der Waals surface area contributed by atoms with Crippen LogP contribution in [0.4, 0.5) is 0 Å². The maximum atomic E-state index is 11.1. The number of aromatic nitrogens is 1. The van der Waals surface area contributed by atoms with Crippen molar-refractivity contribution in [3.05, 3.63) is 70.1 Å². The molecule has 0 saturated heterocycles. The highest BCUT2D eigenvalue weighted by atomic mass is 16.5. The van der Waals surface area contributed by atoms with Crippen molar-refractivity contribution < 1.29 is 5.21 Å². The molecule has 1 aromatic carbocycles. The number of rotatable bonds is 2. The fourth-order valence-corrected chi connectivity index (χ4v) is 1.45. The molecule has 0 aliphatic rings. The van der Waals surface area contributed by atoms with Crippen LogP contribution in [0.2, 0.25) is 0 Å². The molecule has 2 rings (SSSR count). The third kappa shape index (κ3) is 2.26. The van der Waals surface area contributed by atoms with E-state index in [0.29, 0.717) is 11.2 Å². The molecule has 3 nitrogen and oxygen atoms in total. The molecule has 1 N–H and O–H groups in total. The van der Waals surface area contributed by atoms with E-state index in [-0.39, 0.29) is 0 Å². The summed E-state index contributed by atoms with van der Waals surface area (Å²) < 4.78 is 0.578. The van der Waals surface area contributed by atoms with Gasteiger partial charge in [-0.15, -0.1) is 0 Å². The molecule has 0 unspecified atom stereocenters. The Hall–Kier alpha value is -2.03. The first-order valence-corrected chi connectivity index (χ1v) is 4.70. The van der Waals surface area contributed by atoms with Crippen molar-refractivity contribution in [3.63, 3.8) is 0 Å². The molecule has 1 aromatic heterocycles. The van der Waals surface area contributed by atoms with Gasteiger partial charge in [-0.05, 0) is 23.6 Å². The van der Waals surface area contributed by atoms with Crippen LogP contribution in [0.5, 0.6) is 0 Å². The van der Waals surface area contributed by atoms with Gasteiger partial charge in [-0.2, -0.15) is 4.73 Å². The molecule has 0 aliphatic heterocycles. The van der Waals surface area contributed by atoms with Crippen molar-refractivity contribution >= 4 is 0 Å². The van der Waals surface area contributed by atoms with Crippen LogP contribution in [0.15, 0.2) is 53.5 Å². The highest BCUT2D eigenvalue weighted by molar-refractivity contribution is 5.24. The SMILES string of the molecule is O=c1cc(Cc2ccccc2)ccn1O. The van der Waals surface area contributed by atoms with E-state index >= 15 is 0 Å². The second kappa shape index (κ2) is 4.00. The van der Waals surface area contributed by atoms with Crippen molar-refractivity contribution in [2.75, 3.05) is 0 Å². The van der Waals surface area contributed by atoms with E-state index in [9.17, 15) is 4.79 Å². The van der Waals surface area contributed by atoms with Gasteiger partial charge >= 0.3 is 0 Å². The van der Waals surface area contributed by atoms with Crippen molar-refractivity contribution in [2.24, 2.45) is 0 Å². The van der Waals surface area contributed by atoms with E-state index in [1.807, 2.05) is 30.3 Å². The number of hydrogen-bond acceptors (Lipinski definition) is 2. The van der Waals surface area contributed by atoms with Gasteiger partial charge in [0.1, 0.15) is 0 Å². The summed E-state index contributed by atoms with van der Waals surface area (Å²) in [6.45, 7) is 0. The lowest BCUT2D eigenvalue weighted by Crippen LogP contribution is -2.16. The molecule has 76 valence electrons. The molecule has 1 heterocycles. The molecule has 0 radical (unpaired) electrons. The summed E-state index contributed by atoms with van der Waals surface area (Å²) >= 11 is 0. The largest absolute Gasteiger partial charge is 0.425 e. The first kappa shape index (κ1) is 9.52. The summed E-state index contributed by atoms with van der Waals surface area (Å²) in [6, 6.07) is 13.1. The molecule has 0 amide bonds. The van der Waals surface area contributed by atoms with Crippen LogP contribution in [-0.4, -0.2) is 9.94 Å². The van der Waals surface area contributed by atoms with Crippen molar-refractivity contribution in [2.45, 2.75) is 6.42 Å². The molecule has 0 fully saturated rings. The summed E-state index contributed by atoms with van der Waals surface area (Å²) in [5.74, 6) is 0. The highest BCUT2D eigenvalue weighted by Gasteiger charge is 1.98. The van der Waals surface area contributed by atoms with Gasteiger partial charge in [0.15, 0.2) is 0 Å². The Morgan fingerprint density at radius 2 is 1.80 bits per heavy atom. The van der Waals surface area contributed by atoms with Gasteiger partial charge in [0.2, 0.25) is 0 Å². The normalized spacial score (nSPS) is 10.1. The first-order chi connectivity index (χ1) is 7.25. The first-order valence-electron chi connectivity index (χ1n) is 4.70. The second-order valence-corrected chi connectivity index (χ2v) is 3.38.